The molecular weight excluding hydrogens is 707 g/mol. The number of alkyl halides is 3. The largest absolute Gasteiger partial charge is 0.481 e. The molecule has 20 heteroatoms. The van der Waals surface area contributed by atoms with Gasteiger partial charge in [0, 0.05) is 43.7 Å². The summed E-state index contributed by atoms with van der Waals surface area (Å²) in [5.41, 5.74) is 4.60. The van der Waals surface area contributed by atoms with Crippen molar-refractivity contribution >= 4 is 18.0 Å². The lowest BCUT2D eigenvalue weighted by Crippen LogP contribution is -2.42. The summed E-state index contributed by atoms with van der Waals surface area (Å²) in [6.07, 6.45) is -6.84. The van der Waals surface area contributed by atoms with E-state index in [0.717, 1.165) is 4.57 Å². The van der Waals surface area contributed by atoms with Crippen molar-refractivity contribution in [3.63, 3.8) is 0 Å². The third kappa shape index (κ3) is 11.9. The van der Waals surface area contributed by atoms with Gasteiger partial charge >= 0.3 is 18.2 Å². The Kier molecular flexibility index (Phi) is 13.1. The maximum Gasteiger partial charge on any atom is 0.451 e. The average molecular weight is 741 g/mol. The van der Waals surface area contributed by atoms with Gasteiger partial charge in [-0.2, -0.15) is 13.2 Å². The molecule has 1 aliphatic rings. The first-order chi connectivity index (χ1) is 23.5. The number of fused-ring (bicyclic) bond motifs is 1. The maximum absolute atomic E-state index is 13.7. The van der Waals surface area contributed by atoms with E-state index in [0.29, 0.717) is 24.3 Å². The molecule has 0 bridgehead atoms. The number of aromatic nitrogens is 3. The molecule has 0 unspecified atom stereocenters. The lowest BCUT2D eigenvalue weighted by Gasteiger charge is -2.29. The van der Waals surface area contributed by atoms with Crippen molar-refractivity contribution in [2.45, 2.75) is 83.4 Å². The summed E-state index contributed by atoms with van der Waals surface area (Å²) in [6, 6.07) is 0.150. The minimum absolute atomic E-state index is 0.000783. The molecule has 2 aromatic carbocycles. The number of carboxylic acid groups (broad SMARTS) is 1. The number of alkyl carbamates (subject to hydrolysis) is 1. The van der Waals surface area contributed by atoms with E-state index in [1.165, 1.54) is 4.90 Å². The number of nitrogens with one attached hydrogen (secondary N) is 1. The van der Waals surface area contributed by atoms with Crippen molar-refractivity contribution < 1.29 is 63.7 Å². The first kappa shape index (κ1) is 40.5. The zero-order valence-electron chi connectivity index (χ0n) is 27.3. The fourth-order valence-electron chi connectivity index (χ4n) is 4.85. The second-order valence-electron chi connectivity index (χ2n) is 12.4. The van der Waals surface area contributed by atoms with Gasteiger partial charge in [0.2, 0.25) is 11.7 Å². The summed E-state index contributed by atoms with van der Waals surface area (Å²) in [5.74, 6) is -10.0. The average Bonchev–Trinajstić information content (AvgIpc) is 3.42. The van der Waals surface area contributed by atoms with Crippen LogP contribution in [-0.4, -0.2) is 67.0 Å². The Bertz CT molecular complexity index is 1750. The molecule has 2 heterocycles. The fraction of sp³-hybridized carbons (Fsp3) is 0.452. The summed E-state index contributed by atoms with van der Waals surface area (Å²) in [5, 5.41) is 17.7. The highest BCUT2D eigenvalue weighted by Gasteiger charge is 2.40. The minimum Gasteiger partial charge on any atom is -0.481 e. The highest BCUT2D eigenvalue weighted by molar-refractivity contribution is 5.77. The lowest BCUT2D eigenvalue weighted by molar-refractivity contribution is -0.148. The van der Waals surface area contributed by atoms with Crippen molar-refractivity contribution in [3.8, 4) is 0 Å². The maximum atomic E-state index is 13.7. The molecule has 4 rings (SSSR count). The predicted molar refractivity (Wildman–Crippen MR) is 158 cm³/mol. The van der Waals surface area contributed by atoms with Crippen LogP contribution in [0.2, 0.25) is 0 Å². The van der Waals surface area contributed by atoms with Crippen LogP contribution < -0.4 is 11.1 Å². The minimum atomic E-state index is -4.64. The number of carboxylic acids is 1. The summed E-state index contributed by atoms with van der Waals surface area (Å²) < 4.78 is 124. The number of hydrogen-bond donors (Lipinski definition) is 3. The number of aliphatic carboxylic acids is 1. The van der Waals surface area contributed by atoms with Gasteiger partial charge in [-0.1, -0.05) is 0 Å². The molecule has 0 saturated heterocycles. The van der Waals surface area contributed by atoms with E-state index in [-0.39, 0.29) is 55.8 Å². The van der Waals surface area contributed by atoms with Gasteiger partial charge in [-0.3, -0.25) is 9.59 Å². The van der Waals surface area contributed by atoms with Crippen LogP contribution in [0.25, 0.3) is 0 Å². The smallest absolute Gasteiger partial charge is 0.451 e. The first-order valence-corrected chi connectivity index (χ1v) is 15.0. The van der Waals surface area contributed by atoms with Gasteiger partial charge in [-0.25, -0.2) is 31.1 Å². The van der Waals surface area contributed by atoms with E-state index in [9.17, 15) is 53.9 Å². The number of carbonyl (C=O) groups is 3. The number of rotatable bonds is 9. The van der Waals surface area contributed by atoms with Gasteiger partial charge < -0.3 is 30.4 Å². The highest BCUT2D eigenvalue weighted by atomic mass is 19.4. The van der Waals surface area contributed by atoms with Gasteiger partial charge in [0.05, 0.1) is 13.0 Å². The standard InChI is InChI=1S/C16H15F6N5O.C15H18F3NO4/c17-10-6-12(19)11(18)4-8(10)3-9(23)5-14(28)26-1-2-27-13(7-26)24-25-15(27)16(20,21)22;1-15(2,3)23-14(22)19-9(6-13(20)21)4-8-5-11(17)12(18)7-10(8)16/h4,6,9H,1-3,5,7,23H2;5,7,9H,4,6H2,1-3H3,(H,19,22)(H,20,21)/t2*9-/m10/s1. The molecule has 0 spiro atoms. The molecule has 1 aromatic heterocycles. The Balaban J connectivity index is 0.000000282. The summed E-state index contributed by atoms with van der Waals surface area (Å²) >= 11 is 0. The van der Waals surface area contributed by atoms with Crippen LogP contribution in [0.3, 0.4) is 0 Å². The van der Waals surface area contributed by atoms with Crippen LogP contribution in [0.15, 0.2) is 24.3 Å². The molecule has 0 aliphatic carbocycles. The SMILES string of the molecule is CC(C)(C)OC(=O)N[C@H](CC(=O)O)Cc1cc(F)c(F)cc1F.N[C@@H](CC(=O)N1CCn2c(nnc2C(F)(F)F)C1)Cc1cc(F)c(F)cc1F. The fourth-order valence-corrected chi connectivity index (χ4v) is 4.85. The zero-order valence-corrected chi connectivity index (χ0v) is 27.3. The normalized spacial score (nSPS) is 14.2. The van der Waals surface area contributed by atoms with Gasteiger partial charge in [0.1, 0.15) is 17.2 Å². The van der Waals surface area contributed by atoms with Crippen LogP contribution >= 0.6 is 0 Å². The second-order valence-corrected chi connectivity index (χ2v) is 12.4. The molecule has 0 radical (unpaired) electrons. The van der Waals surface area contributed by atoms with Crippen molar-refractivity contribution in [1.82, 2.24) is 25.0 Å². The Morgan fingerprint density at radius 1 is 0.843 bits per heavy atom. The van der Waals surface area contributed by atoms with Crippen LogP contribution in [0.4, 0.5) is 44.3 Å². The van der Waals surface area contributed by atoms with E-state index in [1.54, 1.807) is 20.8 Å². The van der Waals surface area contributed by atoms with Crippen LogP contribution in [0.5, 0.6) is 0 Å². The Morgan fingerprint density at radius 3 is 1.88 bits per heavy atom. The van der Waals surface area contributed by atoms with Crippen molar-refractivity contribution in [2.75, 3.05) is 6.54 Å². The third-order valence-corrected chi connectivity index (χ3v) is 7.07. The first-order valence-electron chi connectivity index (χ1n) is 15.0. The van der Waals surface area contributed by atoms with Gasteiger partial charge in [0.15, 0.2) is 29.1 Å². The molecule has 280 valence electrons. The zero-order chi connectivity index (χ0) is 38.4. The van der Waals surface area contributed by atoms with E-state index in [1.807, 2.05) is 0 Å². The van der Waals surface area contributed by atoms with Crippen LogP contribution in [0, 0.1) is 34.9 Å². The Morgan fingerprint density at radius 2 is 1.37 bits per heavy atom. The lowest BCUT2D eigenvalue weighted by atomic mass is 10.0. The number of carbonyl (C=O) groups excluding carboxylic acids is 2. The monoisotopic (exact) mass is 740 g/mol. The van der Waals surface area contributed by atoms with Crippen LogP contribution in [-0.2, 0) is 46.4 Å². The molecule has 0 saturated carbocycles. The molecule has 2 atom stereocenters. The molecular formula is C31H33F9N6O5. The second kappa shape index (κ2) is 16.4. The predicted octanol–water partition coefficient (Wildman–Crippen LogP) is 5.03. The molecule has 1 aliphatic heterocycles. The molecule has 2 amide bonds. The number of benzene rings is 2. The molecule has 51 heavy (non-hydrogen) atoms. The number of halogens is 9. The Hall–Kier alpha value is -4.88. The van der Waals surface area contributed by atoms with E-state index in [2.05, 4.69) is 15.5 Å². The van der Waals surface area contributed by atoms with Crippen molar-refractivity contribution in [3.05, 3.63) is 81.9 Å². The molecule has 3 aromatic rings. The van der Waals surface area contributed by atoms with Gasteiger partial charge in [0.25, 0.3) is 0 Å². The number of amides is 2. The molecule has 11 nitrogen and oxygen atoms in total. The topological polar surface area (TPSA) is 153 Å². The summed E-state index contributed by atoms with van der Waals surface area (Å²) in [4.78, 5) is 36.2. The third-order valence-electron chi connectivity index (χ3n) is 7.07. The summed E-state index contributed by atoms with van der Waals surface area (Å²) in [6.45, 7) is 4.55. The Labute approximate surface area is 284 Å². The molecule has 0 fully saturated rings. The van der Waals surface area contributed by atoms with Crippen LogP contribution in [0.1, 0.15) is 56.4 Å². The quantitative estimate of drug-likeness (QED) is 0.204. The summed E-state index contributed by atoms with van der Waals surface area (Å²) in [7, 11) is 0. The molecule has 4 N–H and O–H groups in total. The van der Waals surface area contributed by atoms with Crippen molar-refractivity contribution in [2.24, 2.45) is 5.73 Å². The number of nitrogens with two attached hydrogens (primary N) is 1. The number of ether oxygens (including phenoxy) is 1. The number of hydrogen-bond acceptors (Lipinski definition) is 7. The van der Waals surface area contributed by atoms with Gasteiger partial charge in [-0.15, -0.1) is 10.2 Å². The van der Waals surface area contributed by atoms with Crippen molar-refractivity contribution in [1.29, 1.82) is 0 Å². The van der Waals surface area contributed by atoms with E-state index in [4.69, 9.17) is 15.6 Å². The van der Waals surface area contributed by atoms with E-state index >= 15 is 0 Å². The van der Waals surface area contributed by atoms with E-state index < -0.39 is 89.0 Å². The highest BCUT2D eigenvalue weighted by Crippen LogP contribution is 2.29. The number of nitrogens with zero attached hydrogens (tertiary/aromatic N) is 4. The van der Waals surface area contributed by atoms with Gasteiger partial charge in [-0.05, 0) is 56.9 Å².